The third kappa shape index (κ3) is 3.44. The minimum atomic E-state index is -4.64. The number of carbonyl (C=O) groups is 1. The van der Waals surface area contributed by atoms with Gasteiger partial charge in [-0.3, -0.25) is 4.79 Å². The van der Waals surface area contributed by atoms with E-state index in [1.54, 1.807) is 23.1 Å². The van der Waals surface area contributed by atoms with E-state index in [-0.39, 0.29) is 17.6 Å². The molecule has 1 saturated heterocycles. The molecule has 0 bridgehead atoms. The maximum Gasteiger partial charge on any atom is 0.453 e. The maximum atomic E-state index is 12.9. The molecule has 27 heavy (non-hydrogen) atoms. The second-order valence-corrected chi connectivity index (χ2v) is 6.20. The number of nitrogens with one attached hydrogen (secondary N) is 1. The Morgan fingerprint density at radius 1 is 1.19 bits per heavy atom. The minimum absolute atomic E-state index is 0.0126. The summed E-state index contributed by atoms with van der Waals surface area (Å²) in [7, 11) is 0. The van der Waals surface area contributed by atoms with Gasteiger partial charge in [-0.15, -0.1) is 15.3 Å². The first-order valence-corrected chi connectivity index (χ1v) is 8.31. The van der Waals surface area contributed by atoms with Gasteiger partial charge in [0, 0.05) is 19.1 Å². The standard InChI is InChI=1S/C16H15F3N6O2/c17-16(18,19)15-22-21-13-4-3-12(23-25(13)15)20-10-5-7-24(8-6-10)14(26)11-2-1-9-27-11/h1-4,9-10H,5-8H2,(H,20,23). The van der Waals surface area contributed by atoms with Gasteiger partial charge in [0.25, 0.3) is 11.7 Å². The quantitative estimate of drug-likeness (QED) is 0.751. The van der Waals surface area contributed by atoms with Crippen molar-refractivity contribution in [1.82, 2.24) is 24.7 Å². The Labute approximate surface area is 151 Å². The molecule has 1 fully saturated rings. The smallest absolute Gasteiger partial charge is 0.453 e. The van der Waals surface area contributed by atoms with E-state index in [2.05, 4.69) is 20.6 Å². The summed E-state index contributed by atoms with van der Waals surface area (Å²) in [6.45, 7) is 1.03. The van der Waals surface area contributed by atoms with Gasteiger partial charge in [-0.05, 0) is 37.1 Å². The van der Waals surface area contributed by atoms with Crippen molar-refractivity contribution >= 4 is 17.4 Å². The van der Waals surface area contributed by atoms with Crippen LogP contribution in [0.25, 0.3) is 5.65 Å². The zero-order valence-corrected chi connectivity index (χ0v) is 14.0. The summed E-state index contributed by atoms with van der Waals surface area (Å²) >= 11 is 0. The first-order valence-electron chi connectivity index (χ1n) is 8.31. The van der Waals surface area contributed by atoms with Crippen LogP contribution in [0, 0.1) is 0 Å². The van der Waals surface area contributed by atoms with E-state index >= 15 is 0 Å². The Bertz CT molecular complexity index is 945. The molecule has 0 aromatic carbocycles. The van der Waals surface area contributed by atoms with Crippen molar-refractivity contribution in [3.05, 3.63) is 42.1 Å². The lowest BCUT2D eigenvalue weighted by atomic mass is 10.0. The van der Waals surface area contributed by atoms with Crippen molar-refractivity contribution in [3.8, 4) is 0 Å². The zero-order valence-electron chi connectivity index (χ0n) is 14.0. The van der Waals surface area contributed by atoms with E-state index in [0.717, 1.165) is 0 Å². The molecule has 0 spiro atoms. The van der Waals surface area contributed by atoms with Crippen LogP contribution in [0.5, 0.6) is 0 Å². The number of alkyl halides is 3. The van der Waals surface area contributed by atoms with Crippen LogP contribution in [0.15, 0.2) is 34.9 Å². The van der Waals surface area contributed by atoms with Crippen molar-refractivity contribution in [2.45, 2.75) is 25.1 Å². The molecule has 0 radical (unpaired) electrons. The van der Waals surface area contributed by atoms with Crippen LogP contribution >= 0.6 is 0 Å². The summed E-state index contributed by atoms with van der Waals surface area (Å²) < 4.78 is 44.6. The van der Waals surface area contributed by atoms with Crippen LogP contribution in [0.2, 0.25) is 0 Å². The fraction of sp³-hybridized carbons (Fsp3) is 0.375. The van der Waals surface area contributed by atoms with Crippen molar-refractivity contribution in [2.75, 3.05) is 18.4 Å². The Balaban J connectivity index is 1.42. The molecule has 3 aromatic rings. The largest absolute Gasteiger partial charge is 0.459 e. The molecule has 8 nitrogen and oxygen atoms in total. The lowest BCUT2D eigenvalue weighted by Gasteiger charge is -2.32. The Morgan fingerprint density at radius 3 is 2.63 bits per heavy atom. The number of amides is 1. The van der Waals surface area contributed by atoms with E-state index in [0.29, 0.717) is 42.0 Å². The number of hydrogen-bond donors (Lipinski definition) is 1. The normalized spacial score (nSPS) is 16.0. The molecule has 1 aliphatic heterocycles. The highest BCUT2D eigenvalue weighted by Gasteiger charge is 2.37. The molecule has 142 valence electrons. The van der Waals surface area contributed by atoms with Gasteiger partial charge in [-0.2, -0.15) is 17.7 Å². The molecule has 4 rings (SSSR count). The number of hydrogen-bond acceptors (Lipinski definition) is 6. The lowest BCUT2D eigenvalue weighted by Crippen LogP contribution is -2.42. The van der Waals surface area contributed by atoms with E-state index in [1.807, 2.05) is 0 Å². The molecule has 3 aromatic heterocycles. The van der Waals surface area contributed by atoms with Crippen LogP contribution in [0.1, 0.15) is 29.2 Å². The van der Waals surface area contributed by atoms with Crippen LogP contribution in [-0.4, -0.2) is 49.7 Å². The van der Waals surface area contributed by atoms with E-state index in [9.17, 15) is 18.0 Å². The van der Waals surface area contributed by atoms with Gasteiger partial charge in [-0.25, -0.2) is 0 Å². The van der Waals surface area contributed by atoms with Gasteiger partial charge in [0.2, 0.25) is 0 Å². The van der Waals surface area contributed by atoms with E-state index in [4.69, 9.17) is 4.42 Å². The van der Waals surface area contributed by atoms with Crippen LogP contribution in [0.3, 0.4) is 0 Å². The van der Waals surface area contributed by atoms with Crippen LogP contribution in [-0.2, 0) is 6.18 Å². The Hall–Kier alpha value is -3.11. The molecule has 1 amide bonds. The summed E-state index contributed by atoms with van der Waals surface area (Å²) in [4.78, 5) is 13.9. The molecule has 0 atom stereocenters. The average molecular weight is 380 g/mol. The first-order chi connectivity index (χ1) is 12.9. The van der Waals surface area contributed by atoms with Crippen molar-refractivity contribution in [3.63, 3.8) is 0 Å². The zero-order chi connectivity index (χ0) is 19.0. The van der Waals surface area contributed by atoms with Gasteiger partial charge < -0.3 is 14.6 Å². The Morgan fingerprint density at radius 2 is 1.96 bits per heavy atom. The molecule has 11 heteroatoms. The van der Waals surface area contributed by atoms with Crippen molar-refractivity contribution in [2.24, 2.45) is 0 Å². The predicted molar refractivity (Wildman–Crippen MR) is 87.0 cm³/mol. The maximum absolute atomic E-state index is 12.9. The predicted octanol–water partition coefficient (Wildman–Crippen LogP) is 2.45. The first kappa shape index (κ1) is 17.3. The van der Waals surface area contributed by atoms with Gasteiger partial charge in [0.15, 0.2) is 11.4 Å². The minimum Gasteiger partial charge on any atom is -0.459 e. The molecule has 1 aliphatic rings. The number of halogens is 3. The van der Waals surface area contributed by atoms with Gasteiger partial charge >= 0.3 is 6.18 Å². The number of piperidine rings is 1. The summed E-state index contributed by atoms with van der Waals surface area (Å²) in [6, 6.07) is 6.24. The molecular weight excluding hydrogens is 365 g/mol. The number of carbonyl (C=O) groups excluding carboxylic acids is 1. The number of furan rings is 1. The molecule has 4 heterocycles. The highest BCUT2D eigenvalue weighted by Crippen LogP contribution is 2.27. The van der Waals surface area contributed by atoms with Gasteiger partial charge in [0.05, 0.1) is 6.26 Å². The van der Waals surface area contributed by atoms with Gasteiger partial charge in [-0.1, -0.05) is 0 Å². The number of nitrogens with zero attached hydrogens (tertiary/aromatic N) is 5. The number of aromatic nitrogens is 4. The third-order valence-corrected chi connectivity index (χ3v) is 4.38. The second kappa shape index (κ2) is 6.56. The third-order valence-electron chi connectivity index (χ3n) is 4.38. The molecule has 0 unspecified atom stereocenters. The molecule has 0 aliphatic carbocycles. The average Bonchev–Trinajstić information content (AvgIpc) is 3.31. The van der Waals surface area contributed by atoms with Crippen molar-refractivity contribution in [1.29, 1.82) is 0 Å². The molecular formula is C16H15F3N6O2. The lowest BCUT2D eigenvalue weighted by molar-refractivity contribution is -0.146. The fourth-order valence-corrected chi connectivity index (χ4v) is 3.03. The van der Waals surface area contributed by atoms with E-state index < -0.39 is 12.0 Å². The fourth-order valence-electron chi connectivity index (χ4n) is 3.03. The van der Waals surface area contributed by atoms with Gasteiger partial charge in [0.1, 0.15) is 5.82 Å². The molecule has 1 N–H and O–H groups in total. The summed E-state index contributed by atoms with van der Waals surface area (Å²) in [5.74, 6) is -0.748. The molecule has 0 saturated carbocycles. The number of anilines is 1. The van der Waals surface area contributed by atoms with E-state index in [1.165, 1.54) is 12.3 Å². The number of rotatable bonds is 3. The summed E-state index contributed by atoms with van der Waals surface area (Å²) in [6.07, 6.45) is -1.91. The highest BCUT2D eigenvalue weighted by atomic mass is 19.4. The number of likely N-dealkylation sites (tertiary alicyclic amines) is 1. The monoisotopic (exact) mass is 380 g/mol. The summed E-state index contributed by atoms with van der Waals surface area (Å²) in [5.41, 5.74) is 0.0201. The SMILES string of the molecule is O=C(c1ccco1)N1CCC(Nc2ccc3nnc(C(F)(F)F)n3n2)CC1. The topological polar surface area (TPSA) is 88.6 Å². The van der Waals surface area contributed by atoms with Crippen LogP contribution in [0.4, 0.5) is 19.0 Å². The second-order valence-electron chi connectivity index (χ2n) is 6.20. The Kier molecular flexibility index (Phi) is 4.21. The number of fused-ring (bicyclic) bond motifs is 1. The summed E-state index contributed by atoms with van der Waals surface area (Å²) in [5, 5.41) is 13.7. The van der Waals surface area contributed by atoms with Crippen molar-refractivity contribution < 1.29 is 22.4 Å². The highest BCUT2D eigenvalue weighted by molar-refractivity contribution is 5.91. The van der Waals surface area contributed by atoms with Crippen LogP contribution < -0.4 is 5.32 Å².